The minimum atomic E-state index is -0.209. The van der Waals surface area contributed by atoms with E-state index in [1.54, 1.807) is 0 Å². The van der Waals surface area contributed by atoms with Gasteiger partial charge in [-0.2, -0.15) is 9.97 Å². The molecule has 1 aliphatic rings. The van der Waals surface area contributed by atoms with Gasteiger partial charge in [-0.25, -0.2) is 4.98 Å². The molecule has 0 amide bonds. The number of benzene rings is 9. The van der Waals surface area contributed by atoms with Crippen LogP contribution < -0.4 is 0 Å². The second kappa shape index (κ2) is 13.7. The highest BCUT2D eigenvalue weighted by Gasteiger charge is 2.38. The summed E-state index contributed by atoms with van der Waals surface area (Å²) in [5, 5.41) is 6.87. The van der Waals surface area contributed by atoms with Gasteiger partial charge in [0, 0.05) is 54.5 Å². The molecule has 0 saturated heterocycles. The molecule has 0 N–H and O–H groups in total. The van der Waals surface area contributed by atoms with Crippen LogP contribution in [0.1, 0.15) is 25.0 Å². The Morgan fingerprint density at radius 2 is 1.00 bits per heavy atom. The number of nitrogens with zero attached hydrogens (tertiary/aromatic N) is 5. The maximum absolute atomic E-state index is 6.62. The number of rotatable bonds is 5. The Bertz CT molecular complexity index is 4100. The van der Waals surface area contributed by atoms with Crippen LogP contribution in [0.3, 0.4) is 0 Å². The lowest BCUT2D eigenvalue weighted by Gasteiger charge is -2.23. The molecule has 9 aromatic carbocycles. The van der Waals surface area contributed by atoms with E-state index >= 15 is 0 Å². The SMILES string of the molecule is CC1(C)c2ccccc2-c2ccc3c4ccccc4n(-c4cccc(-c5nc(-c6ccc7c(c6)oc6cccc(-c8ccccc8)c67)nc(-n6c7ccccc7c7ccccc76)n5)c4)c3c21. The molecule has 0 bridgehead atoms. The third-order valence-corrected chi connectivity index (χ3v) is 14.0. The van der Waals surface area contributed by atoms with Crippen molar-refractivity contribution >= 4 is 65.6 Å². The summed E-state index contributed by atoms with van der Waals surface area (Å²) in [6.45, 7) is 4.73. The molecule has 0 fully saturated rings. The summed E-state index contributed by atoms with van der Waals surface area (Å²) in [5.74, 6) is 1.68. The molecule has 4 heterocycles. The molecule has 4 aromatic heterocycles. The molecule has 6 nitrogen and oxygen atoms in total. The molecule has 1 aliphatic carbocycles. The molecule has 310 valence electrons. The minimum Gasteiger partial charge on any atom is -0.456 e. The van der Waals surface area contributed by atoms with E-state index in [9.17, 15) is 0 Å². The first-order chi connectivity index (χ1) is 32.5. The van der Waals surface area contributed by atoms with Gasteiger partial charge < -0.3 is 8.98 Å². The van der Waals surface area contributed by atoms with Crippen molar-refractivity contribution in [3.63, 3.8) is 0 Å². The molecule has 14 rings (SSSR count). The second-order valence-corrected chi connectivity index (χ2v) is 18.0. The van der Waals surface area contributed by atoms with E-state index in [1.165, 1.54) is 38.5 Å². The van der Waals surface area contributed by atoms with E-state index < -0.39 is 0 Å². The zero-order valence-electron chi connectivity index (χ0n) is 36.2. The number of aromatic nitrogens is 5. The Morgan fingerprint density at radius 1 is 0.409 bits per heavy atom. The molecule has 13 aromatic rings. The summed E-state index contributed by atoms with van der Waals surface area (Å²) in [7, 11) is 0. The number of furan rings is 1. The largest absolute Gasteiger partial charge is 0.456 e. The first-order valence-electron chi connectivity index (χ1n) is 22.5. The fourth-order valence-electron chi connectivity index (χ4n) is 11.0. The van der Waals surface area contributed by atoms with Gasteiger partial charge in [0.25, 0.3) is 0 Å². The van der Waals surface area contributed by atoms with Gasteiger partial charge in [0.2, 0.25) is 5.95 Å². The van der Waals surface area contributed by atoms with Crippen LogP contribution in [-0.2, 0) is 5.41 Å². The third-order valence-electron chi connectivity index (χ3n) is 14.0. The lowest BCUT2D eigenvalue weighted by molar-refractivity contribution is 0.664. The van der Waals surface area contributed by atoms with Crippen molar-refractivity contribution in [2.45, 2.75) is 19.3 Å². The summed E-state index contributed by atoms with van der Waals surface area (Å²) < 4.78 is 11.3. The first-order valence-corrected chi connectivity index (χ1v) is 22.5. The van der Waals surface area contributed by atoms with E-state index in [1.807, 2.05) is 12.1 Å². The molecule has 0 saturated carbocycles. The highest BCUT2D eigenvalue weighted by atomic mass is 16.3. The van der Waals surface area contributed by atoms with Gasteiger partial charge in [0.1, 0.15) is 11.2 Å². The topological polar surface area (TPSA) is 61.7 Å². The van der Waals surface area contributed by atoms with Gasteiger partial charge in [-0.05, 0) is 81.9 Å². The first kappa shape index (κ1) is 36.8. The van der Waals surface area contributed by atoms with Crippen molar-refractivity contribution in [3.8, 4) is 56.7 Å². The van der Waals surface area contributed by atoms with Crippen molar-refractivity contribution in [2.75, 3.05) is 0 Å². The van der Waals surface area contributed by atoms with Crippen LogP contribution in [0.4, 0.5) is 0 Å². The maximum Gasteiger partial charge on any atom is 0.238 e. The lowest BCUT2D eigenvalue weighted by Crippen LogP contribution is -2.16. The van der Waals surface area contributed by atoms with E-state index in [0.29, 0.717) is 17.6 Å². The van der Waals surface area contributed by atoms with E-state index in [2.05, 4.69) is 211 Å². The summed E-state index contributed by atoms with van der Waals surface area (Å²) in [5.41, 5.74) is 16.2. The number of hydrogen-bond acceptors (Lipinski definition) is 4. The van der Waals surface area contributed by atoms with Crippen molar-refractivity contribution in [2.24, 2.45) is 0 Å². The van der Waals surface area contributed by atoms with Crippen LogP contribution in [0, 0.1) is 0 Å². The van der Waals surface area contributed by atoms with Gasteiger partial charge in [-0.15, -0.1) is 0 Å². The molecular formula is C60H39N5O. The van der Waals surface area contributed by atoms with Gasteiger partial charge in [0.05, 0.1) is 22.1 Å². The Kier molecular flexibility index (Phi) is 7.64. The molecule has 6 heteroatoms. The maximum atomic E-state index is 6.62. The molecule has 0 atom stereocenters. The Morgan fingerprint density at radius 3 is 1.76 bits per heavy atom. The predicted molar refractivity (Wildman–Crippen MR) is 270 cm³/mol. The van der Waals surface area contributed by atoms with Gasteiger partial charge >= 0.3 is 0 Å². The zero-order chi connectivity index (χ0) is 43.7. The standard InChI is InChI=1S/C60H39N5O/c1-60(2)48-25-10-6-20-41(48)45-32-33-46-44-23-9-11-26-49(44)64(56(46)55(45)60)39-19-14-18-37(34-39)57-61-58(63-59(62-57)65-50-27-12-7-21-42(50)43-22-8-13-28-51(43)65)38-30-31-47-53(35-38)66-52-29-15-24-40(54(47)52)36-16-4-3-5-17-36/h3-35H,1-2H3. The summed E-state index contributed by atoms with van der Waals surface area (Å²) >= 11 is 0. The van der Waals surface area contributed by atoms with Crippen LogP contribution in [-0.4, -0.2) is 24.1 Å². The van der Waals surface area contributed by atoms with E-state index in [4.69, 9.17) is 19.4 Å². The van der Waals surface area contributed by atoms with Gasteiger partial charge in [-0.3, -0.25) is 4.57 Å². The third kappa shape index (κ3) is 5.21. The number of fused-ring (bicyclic) bond motifs is 13. The highest BCUT2D eigenvalue weighted by Crippen LogP contribution is 2.53. The van der Waals surface area contributed by atoms with Crippen LogP contribution in [0.15, 0.2) is 205 Å². The monoisotopic (exact) mass is 845 g/mol. The van der Waals surface area contributed by atoms with Crippen molar-refractivity contribution in [1.82, 2.24) is 24.1 Å². The summed E-state index contributed by atoms with van der Waals surface area (Å²) in [6.07, 6.45) is 0. The van der Waals surface area contributed by atoms with E-state index in [-0.39, 0.29) is 5.41 Å². The van der Waals surface area contributed by atoms with Gasteiger partial charge in [0.15, 0.2) is 11.6 Å². The van der Waals surface area contributed by atoms with Crippen molar-refractivity contribution in [3.05, 3.63) is 211 Å². The molecule has 66 heavy (non-hydrogen) atoms. The molecule has 0 aliphatic heterocycles. The normalized spacial score (nSPS) is 13.1. The quantitative estimate of drug-likeness (QED) is 0.173. The minimum absolute atomic E-state index is 0.209. The number of para-hydroxylation sites is 3. The smallest absolute Gasteiger partial charge is 0.238 e. The fourth-order valence-corrected chi connectivity index (χ4v) is 11.0. The van der Waals surface area contributed by atoms with Gasteiger partial charge in [-0.1, -0.05) is 166 Å². The van der Waals surface area contributed by atoms with Crippen LogP contribution in [0.5, 0.6) is 0 Å². The zero-order valence-corrected chi connectivity index (χ0v) is 36.2. The molecule has 0 radical (unpaired) electrons. The second-order valence-electron chi connectivity index (χ2n) is 18.0. The average Bonchev–Trinajstić information content (AvgIpc) is 4.09. The Balaban J connectivity index is 1.00. The van der Waals surface area contributed by atoms with Crippen LogP contribution in [0.25, 0.3) is 122 Å². The average molecular weight is 846 g/mol. The van der Waals surface area contributed by atoms with E-state index in [0.717, 1.165) is 77.2 Å². The van der Waals surface area contributed by atoms with Crippen LogP contribution in [0.2, 0.25) is 0 Å². The van der Waals surface area contributed by atoms with Crippen LogP contribution >= 0.6 is 0 Å². The molecule has 0 unspecified atom stereocenters. The predicted octanol–water partition coefficient (Wildman–Crippen LogP) is 15.3. The van der Waals surface area contributed by atoms with Crippen molar-refractivity contribution in [1.29, 1.82) is 0 Å². The molecular weight excluding hydrogens is 807 g/mol. The lowest BCUT2D eigenvalue weighted by atomic mass is 9.81. The summed E-state index contributed by atoms with van der Waals surface area (Å²) in [6, 6.07) is 71.0. The highest BCUT2D eigenvalue weighted by molar-refractivity contribution is 6.14. The molecule has 0 spiro atoms. The Hall–Kier alpha value is -8.61. The summed E-state index contributed by atoms with van der Waals surface area (Å²) in [4.78, 5) is 16.0. The van der Waals surface area contributed by atoms with Crippen molar-refractivity contribution < 1.29 is 4.42 Å². The Labute approximate surface area is 379 Å². The number of hydrogen-bond donors (Lipinski definition) is 0. The fraction of sp³-hybridized carbons (Fsp3) is 0.0500.